The zero-order valence-electron chi connectivity index (χ0n) is 13.3. The van der Waals surface area contributed by atoms with Crippen LogP contribution in [0.3, 0.4) is 0 Å². The number of ketones is 1. The van der Waals surface area contributed by atoms with E-state index in [4.69, 9.17) is 0 Å². The summed E-state index contributed by atoms with van der Waals surface area (Å²) in [7, 11) is 0. The van der Waals surface area contributed by atoms with Crippen LogP contribution in [0.2, 0.25) is 0 Å². The predicted molar refractivity (Wildman–Crippen MR) is 83.5 cm³/mol. The van der Waals surface area contributed by atoms with E-state index in [2.05, 4.69) is 20.8 Å². The Kier molecular flexibility index (Phi) is 3.64. The molecule has 3 aliphatic rings. The van der Waals surface area contributed by atoms with Crippen molar-refractivity contribution >= 4 is 5.78 Å². The highest BCUT2D eigenvalue weighted by Crippen LogP contribution is 2.55. The van der Waals surface area contributed by atoms with Crippen LogP contribution < -0.4 is 0 Å². The fourth-order valence-electron chi connectivity index (χ4n) is 5.15. The van der Waals surface area contributed by atoms with Crippen LogP contribution in [0.5, 0.6) is 0 Å². The molecular formula is C19H28O. The van der Waals surface area contributed by atoms with Gasteiger partial charge in [-0.2, -0.15) is 0 Å². The molecule has 110 valence electrons. The molecule has 0 saturated heterocycles. The fraction of sp³-hybridized carbons (Fsp3) is 0.737. The highest BCUT2D eigenvalue weighted by molar-refractivity contribution is 5.93. The van der Waals surface area contributed by atoms with Crippen molar-refractivity contribution < 1.29 is 4.79 Å². The molecule has 0 radical (unpaired) electrons. The van der Waals surface area contributed by atoms with E-state index in [1.807, 2.05) is 6.08 Å². The molecule has 0 aromatic carbocycles. The van der Waals surface area contributed by atoms with E-state index in [0.717, 1.165) is 31.1 Å². The highest BCUT2D eigenvalue weighted by Gasteiger charge is 2.44. The molecule has 3 aliphatic carbocycles. The summed E-state index contributed by atoms with van der Waals surface area (Å²) >= 11 is 0. The predicted octanol–water partition coefficient (Wildman–Crippen LogP) is 5.22. The van der Waals surface area contributed by atoms with E-state index in [9.17, 15) is 4.79 Å². The molecule has 0 N–H and O–H groups in total. The molecule has 3 rings (SSSR count). The number of hydrogen-bond donors (Lipinski definition) is 0. The Labute approximate surface area is 123 Å². The second-order valence-electron chi connectivity index (χ2n) is 7.31. The zero-order chi connectivity index (χ0) is 14.3. The van der Waals surface area contributed by atoms with Crippen LogP contribution in [0.4, 0.5) is 0 Å². The Morgan fingerprint density at radius 2 is 2.00 bits per heavy atom. The van der Waals surface area contributed by atoms with E-state index in [0.29, 0.717) is 11.2 Å². The van der Waals surface area contributed by atoms with E-state index >= 15 is 0 Å². The third-order valence-electron chi connectivity index (χ3n) is 6.50. The molecule has 1 heteroatoms. The molecule has 0 bridgehead atoms. The van der Waals surface area contributed by atoms with Crippen molar-refractivity contribution in [3.05, 3.63) is 22.8 Å². The summed E-state index contributed by atoms with van der Waals surface area (Å²) in [6, 6.07) is 0. The second-order valence-corrected chi connectivity index (χ2v) is 7.31. The molecule has 20 heavy (non-hydrogen) atoms. The molecule has 0 aromatic rings. The molecule has 1 fully saturated rings. The van der Waals surface area contributed by atoms with Gasteiger partial charge in [-0.25, -0.2) is 0 Å². The van der Waals surface area contributed by atoms with Gasteiger partial charge in [-0.15, -0.1) is 0 Å². The van der Waals surface area contributed by atoms with Crippen molar-refractivity contribution in [1.82, 2.24) is 0 Å². The minimum atomic E-state index is 0.351. The summed E-state index contributed by atoms with van der Waals surface area (Å²) in [5, 5.41) is 0. The second kappa shape index (κ2) is 5.16. The third-order valence-corrected chi connectivity index (χ3v) is 6.50. The zero-order valence-corrected chi connectivity index (χ0v) is 13.3. The molecular weight excluding hydrogens is 244 g/mol. The number of carbonyl (C=O) groups is 1. The summed E-state index contributed by atoms with van der Waals surface area (Å²) < 4.78 is 0. The van der Waals surface area contributed by atoms with Crippen molar-refractivity contribution in [1.29, 1.82) is 0 Å². The van der Waals surface area contributed by atoms with Gasteiger partial charge < -0.3 is 0 Å². The summed E-state index contributed by atoms with van der Waals surface area (Å²) in [5.74, 6) is 2.01. The van der Waals surface area contributed by atoms with Crippen LogP contribution in [-0.4, -0.2) is 5.78 Å². The Balaban J connectivity index is 1.99. The normalized spacial score (nSPS) is 37.4. The molecule has 0 aliphatic heterocycles. The lowest BCUT2D eigenvalue weighted by Gasteiger charge is -2.50. The first kappa shape index (κ1) is 14.1. The van der Waals surface area contributed by atoms with Crippen molar-refractivity contribution in [3.63, 3.8) is 0 Å². The van der Waals surface area contributed by atoms with Gasteiger partial charge in [-0.3, -0.25) is 4.79 Å². The van der Waals surface area contributed by atoms with Gasteiger partial charge in [-0.05, 0) is 66.6 Å². The van der Waals surface area contributed by atoms with Crippen LogP contribution in [0.25, 0.3) is 0 Å². The Morgan fingerprint density at radius 1 is 1.20 bits per heavy atom. The SMILES string of the molecule is CCC1[C@@H]2CCC3=CC(=O)CCC3=C2CCC1(C)CC. The Bertz CT molecular complexity index is 482. The van der Waals surface area contributed by atoms with Gasteiger partial charge in [0.25, 0.3) is 0 Å². The first-order valence-corrected chi connectivity index (χ1v) is 8.54. The summed E-state index contributed by atoms with van der Waals surface area (Å²) in [4.78, 5) is 11.6. The largest absolute Gasteiger partial charge is 0.295 e. The van der Waals surface area contributed by atoms with Gasteiger partial charge in [-0.1, -0.05) is 39.2 Å². The van der Waals surface area contributed by atoms with Crippen LogP contribution in [-0.2, 0) is 4.79 Å². The van der Waals surface area contributed by atoms with E-state index < -0.39 is 0 Å². The minimum absolute atomic E-state index is 0.351. The Hall–Kier alpha value is -0.850. The summed E-state index contributed by atoms with van der Waals surface area (Å²) in [5.41, 5.74) is 5.27. The number of allylic oxidation sites excluding steroid dienone is 4. The summed E-state index contributed by atoms with van der Waals surface area (Å²) in [6.45, 7) is 7.26. The van der Waals surface area contributed by atoms with Gasteiger partial charge in [0.2, 0.25) is 0 Å². The van der Waals surface area contributed by atoms with Gasteiger partial charge in [0, 0.05) is 6.42 Å². The van der Waals surface area contributed by atoms with Crippen molar-refractivity contribution in [2.75, 3.05) is 0 Å². The van der Waals surface area contributed by atoms with E-state index in [-0.39, 0.29) is 0 Å². The van der Waals surface area contributed by atoms with E-state index in [1.54, 1.807) is 11.1 Å². The molecule has 3 atom stereocenters. The standard InChI is InChI=1S/C19H28O/c1-4-18-17-8-6-13-12-14(20)7-9-15(13)16(17)10-11-19(18,3)5-2/h12,17-18H,4-11H2,1-3H3/t17-,18?,19?/m1/s1. The van der Waals surface area contributed by atoms with Gasteiger partial charge in [0.1, 0.15) is 0 Å². The lowest BCUT2D eigenvalue weighted by atomic mass is 9.55. The van der Waals surface area contributed by atoms with Crippen LogP contribution in [0, 0.1) is 17.3 Å². The number of hydrogen-bond acceptors (Lipinski definition) is 1. The van der Waals surface area contributed by atoms with Gasteiger partial charge in [0.15, 0.2) is 5.78 Å². The number of carbonyl (C=O) groups excluding carboxylic acids is 1. The topological polar surface area (TPSA) is 17.1 Å². The molecule has 1 nitrogen and oxygen atoms in total. The maximum atomic E-state index is 11.6. The molecule has 0 spiro atoms. The smallest absolute Gasteiger partial charge is 0.156 e. The quantitative estimate of drug-likeness (QED) is 0.673. The van der Waals surface area contributed by atoms with Crippen molar-refractivity contribution in [3.8, 4) is 0 Å². The van der Waals surface area contributed by atoms with E-state index in [1.165, 1.54) is 37.7 Å². The van der Waals surface area contributed by atoms with Crippen molar-refractivity contribution in [2.24, 2.45) is 17.3 Å². The molecule has 2 unspecified atom stereocenters. The lowest BCUT2D eigenvalue weighted by Crippen LogP contribution is -2.39. The highest BCUT2D eigenvalue weighted by atomic mass is 16.1. The maximum absolute atomic E-state index is 11.6. The minimum Gasteiger partial charge on any atom is -0.295 e. The maximum Gasteiger partial charge on any atom is 0.156 e. The fourth-order valence-corrected chi connectivity index (χ4v) is 5.15. The van der Waals surface area contributed by atoms with Gasteiger partial charge >= 0.3 is 0 Å². The van der Waals surface area contributed by atoms with Crippen LogP contribution in [0.15, 0.2) is 22.8 Å². The average Bonchev–Trinajstić information content (AvgIpc) is 2.46. The number of rotatable bonds is 2. The van der Waals surface area contributed by atoms with Crippen LogP contribution >= 0.6 is 0 Å². The molecule has 0 amide bonds. The molecule has 0 aromatic heterocycles. The molecule has 0 heterocycles. The summed E-state index contributed by atoms with van der Waals surface area (Å²) in [6.07, 6.45) is 11.4. The monoisotopic (exact) mass is 272 g/mol. The first-order chi connectivity index (χ1) is 9.59. The molecule has 1 saturated carbocycles. The Morgan fingerprint density at radius 3 is 2.70 bits per heavy atom. The van der Waals surface area contributed by atoms with Crippen LogP contribution in [0.1, 0.15) is 72.1 Å². The number of fused-ring (bicyclic) bond motifs is 2. The van der Waals surface area contributed by atoms with Crippen molar-refractivity contribution in [2.45, 2.75) is 72.1 Å². The first-order valence-electron chi connectivity index (χ1n) is 8.54. The average molecular weight is 272 g/mol. The lowest BCUT2D eigenvalue weighted by molar-refractivity contribution is -0.114. The third kappa shape index (κ3) is 2.10. The van der Waals surface area contributed by atoms with Gasteiger partial charge in [0.05, 0.1) is 0 Å².